The van der Waals surface area contributed by atoms with Gasteiger partial charge in [-0.1, -0.05) is 36.4 Å². The molecule has 1 aliphatic rings. The molecule has 1 unspecified atom stereocenters. The summed E-state index contributed by atoms with van der Waals surface area (Å²) in [6.45, 7) is 4.86. The first-order valence-corrected chi connectivity index (χ1v) is 9.80. The van der Waals surface area contributed by atoms with Crippen molar-refractivity contribution in [3.05, 3.63) is 70.2 Å². The largest absolute Gasteiger partial charge is 0.417 e. The number of aromatic nitrogens is 1. The molecule has 0 bridgehead atoms. The third kappa shape index (κ3) is 4.02. The van der Waals surface area contributed by atoms with E-state index in [1.807, 2.05) is 37.3 Å². The molecule has 2 atom stereocenters. The van der Waals surface area contributed by atoms with Crippen molar-refractivity contribution in [3.8, 4) is 0 Å². The number of fused-ring (bicyclic) bond motifs is 1. The van der Waals surface area contributed by atoms with Gasteiger partial charge in [0.25, 0.3) is 0 Å². The lowest BCUT2D eigenvalue weighted by Crippen LogP contribution is -2.38. The van der Waals surface area contributed by atoms with Gasteiger partial charge >= 0.3 is 5.76 Å². The number of oxazole rings is 1. The van der Waals surface area contributed by atoms with Crippen LogP contribution < -0.4 is 11.1 Å². The van der Waals surface area contributed by atoms with Crippen LogP contribution in [0.15, 0.2) is 57.7 Å². The van der Waals surface area contributed by atoms with E-state index < -0.39 is 5.76 Å². The van der Waals surface area contributed by atoms with Crippen molar-refractivity contribution < 1.29 is 9.21 Å². The van der Waals surface area contributed by atoms with E-state index in [0.717, 1.165) is 30.8 Å². The van der Waals surface area contributed by atoms with E-state index in [1.54, 1.807) is 6.07 Å². The van der Waals surface area contributed by atoms with Crippen LogP contribution in [0.4, 0.5) is 0 Å². The number of nitrogens with zero attached hydrogens (tertiary/aromatic N) is 1. The highest BCUT2D eigenvalue weighted by atomic mass is 16.4. The Morgan fingerprint density at radius 3 is 2.64 bits per heavy atom. The van der Waals surface area contributed by atoms with Crippen LogP contribution in [0.5, 0.6) is 0 Å². The zero-order chi connectivity index (χ0) is 19.5. The molecule has 4 rings (SSSR count). The minimum Gasteiger partial charge on any atom is -0.408 e. The Balaban J connectivity index is 1.52. The van der Waals surface area contributed by atoms with Crippen molar-refractivity contribution in [1.82, 2.24) is 15.2 Å². The smallest absolute Gasteiger partial charge is 0.408 e. The second-order valence-electron chi connectivity index (χ2n) is 7.47. The van der Waals surface area contributed by atoms with E-state index in [-0.39, 0.29) is 17.9 Å². The van der Waals surface area contributed by atoms with Crippen molar-refractivity contribution >= 4 is 17.0 Å². The summed E-state index contributed by atoms with van der Waals surface area (Å²) in [7, 11) is 0. The fourth-order valence-electron chi connectivity index (χ4n) is 3.83. The van der Waals surface area contributed by atoms with E-state index in [2.05, 4.69) is 27.3 Å². The van der Waals surface area contributed by atoms with E-state index in [1.165, 1.54) is 12.8 Å². The number of rotatable bonds is 6. The number of hydrogen-bond donors (Lipinski definition) is 2. The number of aromatic amines is 1. The third-order valence-corrected chi connectivity index (χ3v) is 5.49. The van der Waals surface area contributed by atoms with Gasteiger partial charge in [-0.15, -0.1) is 0 Å². The van der Waals surface area contributed by atoms with Gasteiger partial charge in [0, 0.05) is 6.54 Å². The standard InChI is InChI=1S/C22H25N3O3/c1-15(17-9-10-20-18(13-17)24-22(27)28-20)21(26)23-19(14-25-11-5-6-12-25)16-7-3-2-4-8-16/h2-4,7-10,13,15,19H,5-6,11-12,14H2,1H3,(H,23,26)(H,24,27)/t15?,19-/m1/s1. The molecule has 1 amide bonds. The summed E-state index contributed by atoms with van der Waals surface area (Å²) in [4.78, 5) is 29.4. The van der Waals surface area contributed by atoms with Crippen molar-refractivity contribution in [1.29, 1.82) is 0 Å². The highest BCUT2D eigenvalue weighted by molar-refractivity contribution is 5.85. The predicted molar refractivity (Wildman–Crippen MR) is 108 cm³/mol. The first kappa shape index (κ1) is 18.5. The summed E-state index contributed by atoms with van der Waals surface area (Å²) < 4.78 is 5.04. The lowest BCUT2D eigenvalue weighted by Gasteiger charge is -2.26. The molecule has 3 aromatic rings. The summed E-state index contributed by atoms with van der Waals surface area (Å²) in [5.74, 6) is -0.857. The molecule has 0 aliphatic carbocycles. The van der Waals surface area contributed by atoms with Gasteiger partial charge in [0.15, 0.2) is 5.58 Å². The van der Waals surface area contributed by atoms with Gasteiger partial charge in [-0.3, -0.25) is 9.78 Å². The van der Waals surface area contributed by atoms with Gasteiger partial charge in [0.05, 0.1) is 17.5 Å². The fraction of sp³-hybridized carbons (Fsp3) is 0.364. The molecule has 0 radical (unpaired) electrons. The van der Waals surface area contributed by atoms with Crippen molar-refractivity contribution in [2.75, 3.05) is 19.6 Å². The average Bonchev–Trinajstić information content (AvgIpc) is 3.35. The molecule has 1 aliphatic heterocycles. The number of hydrogen-bond acceptors (Lipinski definition) is 4. The summed E-state index contributed by atoms with van der Waals surface area (Å²) in [5, 5.41) is 3.24. The SMILES string of the molecule is CC(C(=O)N[C@H](CN1CCCC1)c1ccccc1)c1ccc2oc(=O)[nH]c2c1. The maximum Gasteiger partial charge on any atom is 0.417 e. The van der Waals surface area contributed by atoms with Gasteiger partial charge in [-0.25, -0.2) is 4.79 Å². The molecule has 146 valence electrons. The van der Waals surface area contributed by atoms with Crippen LogP contribution >= 0.6 is 0 Å². The Morgan fingerprint density at radius 2 is 1.89 bits per heavy atom. The number of carbonyl (C=O) groups is 1. The molecule has 2 heterocycles. The van der Waals surface area contributed by atoms with Gasteiger partial charge in [-0.05, 0) is 56.1 Å². The normalized spacial score (nSPS) is 16.9. The molecule has 1 aromatic heterocycles. The first-order valence-electron chi connectivity index (χ1n) is 9.80. The van der Waals surface area contributed by atoms with E-state index in [4.69, 9.17) is 4.42 Å². The Kier molecular flexibility index (Phi) is 5.30. The number of H-pyrrole nitrogens is 1. The number of nitrogens with one attached hydrogen (secondary N) is 2. The number of amides is 1. The van der Waals surface area contributed by atoms with Crippen LogP contribution in [-0.4, -0.2) is 35.4 Å². The minimum absolute atomic E-state index is 0.0294. The lowest BCUT2D eigenvalue weighted by atomic mass is 9.98. The van der Waals surface area contributed by atoms with Crippen LogP contribution in [0, 0.1) is 0 Å². The number of benzene rings is 2. The summed E-state index contributed by atoms with van der Waals surface area (Å²) in [6.07, 6.45) is 2.43. The number of likely N-dealkylation sites (tertiary alicyclic amines) is 1. The summed E-state index contributed by atoms with van der Waals surface area (Å²) in [5.41, 5.74) is 3.07. The summed E-state index contributed by atoms with van der Waals surface area (Å²) >= 11 is 0. The van der Waals surface area contributed by atoms with Crippen LogP contribution in [0.1, 0.15) is 42.9 Å². The van der Waals surface area contributed by atoms with Gasteiger partial charge in [0.1, 0.15) is 0 Å². The van der Waals surface area contributed by atoms with Crippen molar-refractivity contribution in [2.45, 2.75) is 31.7 Å². The Bertz CT molecular complexity index is 1000. The highest BCUT2D eigenvalue weighted by Gasteiger charge is 2.24. The molecular weight excluding hydrogens is 354 g/mol. The molecule has 0 saturated carbocycles. The van der Waals surface area contributed by atoms with Gasteiger partial charge in [0.2, 0.25) is 5.91 Å². The Hall–Kier alpha value is -2.86. The predicted octanol–water partition coefficient (Wildman–Crippen LogP) is 3.18. The molecule has 2 N–H and O–H groups in total. The van der Waals surface area contributed by atoms with Crippen LogP contribution in [-0.2, 0) is 4.79 Å². The quantitative estimate of drug-likeness (QED) is 0.690. The van der Waals surface area contributed by atoms with Gasteiger partial charge in [-0.2, -0.15) is 0 Å². The molecular formula is C22H25N3O3. The van der Waals surface area contributed by atoms with E-state index >= 15 is 0 Å². The van der Waals surface area contributed by atoms with Crippen LogP contribution in [0.3, 0.4) is 0 Å². The zero-order valence-corrected chi connectivity index (χ0v) is 16.0. The zero-order valence-electron chi connectivity index (χ0n) is 16.0. The molecule has 6 nitrogen and oxygen atoms in total. The van der Waals surface area contributed by atoms with Crippen molar-refractivity contribution in [2.24, 2.45) is 0 Å². The molecule has 6 heteroatoms. The number of carbonyl (C=O) groups excluding carboxylic acids is 1. The van der Waals surface area contributed by atoms with Crippen molar-refractivity contribution in [3.63, 3.8) is 0 Å². The fourth-order valence-corrected chi connectivity index (χ4v) is 3.83. The Labute approximate surface area is 163 Å². The van der Waals surface area contributed by atoms with Gasteiger partial charge < -0.3 is 14.6 Å². The minimum atomic E-state index is -0.487. The second kappa shape index (κ2) is 8.02. The average molecular weight is 379 g/mol. The molecule has 28 heavy (non-hydrogen) atoms. The third-order valence-electron chi connectivity index (χ3n) is 5.49. The highest BCUT2D eigenvalue weighted by Crippen LogP contribution is 2.23. The maximum atomic E-state index is 13.0. The topological polar surface area (TPSA) is 78.3 Å². The molecule has 2 aromatic carbocycles. The molecule has 1 fully saturated rings. The van der Waals surface area contributed by atoms with E-state index in [0.29, 0.717) is 11.1 Å². The second-order valence-corrected chi connectivity index (χ2v) is 7.47. The lowest BCUT2D eigenvalue weighted by molar-refractivity contribution is -0.123. The van der Waals surface area contributed by atoms with Crippen LogP contribution in [0.25, 0.3) is 11.1 Å². The first-order chi connectivity index (χ1) is 13.6. The van der Waals surface area contributed by atoms with Crippen LogP contribution in [0.2, 0.25) is 0 Å². The Morgan fingerprint density at radius 1 is 1.14 bits per heavy atom. The van der Waals surface area contributed by atoms with E-state index in [9.17, 15) is 9.59 Å². The maximum absolute atomic E-state index is 13.0. The molecule has 1 saturated heterocycles. The molecule has 0 spiro atoms. The summed E-state index contributed by atoms with van der Waals surface area (Å²) in [6, 6.07) is 15.4. The monoisotopic (exact) mass is 379 g/mol.